The highest BCUT2D eigenvalue weighted by Crippen LogP contribution is 1.96. The molecule has 0 aliphatic rings. The molecule has 62 valence electrons. The zero-order valence-electron chi connectivity index (χ0n) is 7.03. The van der Waals surface area contributed by atoms with Crippen LogP contribution in [0.25, 0.3) is 0 Å². The van der Waals surface area contributed by atoms with Crippen LogP contribution in [0.2, 0.25) is 0 Å². The van der Waals surface area contributed by atoms with Crippen LogP contribution in [0.4, 0.5) is 0 Å². The summed E-state index contributed by atoms with van der Waals surface area (Å²) in [4.78, 5) is 11.1. The Morgan fingerprint density at radius 2 is 2.42 bits per heavy atom. The second-order valence-electron chi connectivity index (χ2n) is 2.41. The lowest BCUT2D eigenvalue weighted by Gasteiger charge is -2.01. The number of hydrogen-bond acceptors (Lipinski definition) is 3. The molecule has 0 saturated carbocycles. The van der Waals surface area contributed by atoms with Gasteiger partial charge in [-0.1, -0.05) is 0 Å². The molecule has 0 aliphatic heterocycles. The Kier molecular flexibility index (Phi) is 2.24. The molecule has 0 amide bonds. The van der Waals surface area contributed by atoms with Crippen molar-refractivity contribution in [3.8, 4) is 6.07 Å². The first-order chi connectivity index (χ1) is 5.69. The van der Waals surface area contributed by atoms with Crippen molar-refractivity contribution in [1.29, 1.82) is 5.26 Å². The Hall–Kier alpha value is -1.63. The van der Waals surface area contributed by atoms with Gasteiger partial charge in [0.25, 0.3) is 5.56 Å². The normalized spacial score (nSPS) is 9.42. The van der Waals surface area contributed by atoms with Crippen molar-refractivity contribution in [1.82, 2.24) is 9.78 Å². The summed E-state index contributed by atoms with van der Waals surface area (Å²) in [6.45, 7) is 4.08. The molecule has 0 bridgehead atoms. The van der Waals surface area contributed by atoms with Gasteiger partial charge in [-0.25, -0.2) is 4.68 Å². The van der Waals surface area contributed by atoms with Crippen molar-refractivity contribution in [2.24, 2.45) is 0 Å². The van der Waals surface area contributed by atoms with Crippen LogP contribution >= 0.6 is 0 Å². The second kappa shape index (κ2) is 3.18. The molecule has 1 aromatic heterocycles. The minimum atomic E-state index is -0.223. The number of aromatic nitrogens is 2. The predicted molar refractivity (Wildman–Crippen MR) is 43.6 cm³/mol. The molecule has 12 heavy (non-hydrogen) atoms. The second-order valence-corrected chi connectivity index (χ2v) is 2.41. The standard InChI is InChI=1S/C8H9N3O/c1-3-11-8(12)4-7(5-9)6(2)10-11/h4H,3H2,1-2H3. The maximum absolute atomic E-state index is 11.1. The van der Waals surface area contributed by atoms with E-state index < -0.39 is 0 Å². The number of nitriles is 1. The fourth-order valence-corrected chi connectivity index (χ4v) is 0.926. The van der Waals surface area contributed by atoms with Crippen LogP contribution in [0.1, 0.15) is 18.2 Å². The minimum absolute atomic E-state index is 0.223. The number of nitrogens with zero attached hydrogens (tertiary/aromatic N) is 3. The van der Waals surface area contributed by atoms with Crippen molar-refractivity contribution < 1.29 is 0 Å². The van der Waals surface area contributed by atoms with Gasteiger partial charge in [0.1, 0.15) is 6.07 Å². The number of rotatable bonds is 1. The van der Waals surface area contributed by atoms with Crippen LogP contribution in [-0.4, -0.2) is 9.78 Å². The summed E-state index contributed by atoms with van der Waals surface area (Å²) in [5.41, 5.74) is 0.725. The Bertz CT molecular complexity index is 386. The summed E-state index contributed by atoms with van der Waals surface area (Å²) in [6.07, 6.45) is 0. The molecule has 0 spiro atoms. The van der Waals surface area contributed by atoms with E-state index in [2.05, 4.69) is 5.10 Å². The van der Waals surface area contributed by atoms with Gasteiger partial charge in [0.05, 0.1) is 11.3 Å². The summed E-state index contributed by atoms with van der Waals surface area (Å²) >= 11 is 0. The van der Waals surface area contributed by atoms with Crippen LogP contribution < -0.4 is 5.56 Å². The summed E-state index contributed by atoms with van der Waals surface area (Å²) in [5.74, 6) is 0. The lowest BCUT2D eigenvalue weighted by atomic mass is 10.2. The van der Waals surface area contributed by atoms with E-state index in [0.717, 1.165) is 0 Å². The molecule has 0 aromatic carbocycles. The van der Waals surface area contributed by atoms with Crippen molar-refractivity contribution in [2.75, 3.05) is 0 Å². The van der Waals surface area contributed by atoms with Gasteiger partial charge in [-0.05, 0) is 13.8 Å². The lowest BCUT2D eigenvalue weighted by molar-refractivity contribution is 0.605. The Labute approximate surface area is 70.1 Å². The van der Waals surface area contributed by atoms with Gasteiger partial charge < -0.3 is 0 Å². The molecule has 1 aromatic rings. The molecule has 4 nitrogen and oxygen atoms in total. The Balaban J connectivity index is 3.39. The largest absolute Gasteiger partial charge is 0.268 e. The van der Waals surface area contributed by atoms with Gasteiger partial charge in [0.2, 0.25) is 0 Å². The summed E-state index contributed by atoms with van der Waals surface area (Å²) in [5, 5.41) is 12.5. The van der Waals surface area contributed by atoms with E-state index in [4.69, 9.17) is 5.26 Å². The van der Waals surface area contributed by atoms with Crippen molar-refractivity contribution in [3.63, 3.8) is 0 Å². The van der Waals surface area contributed by atoms with Crippen molar-refractivity contribution in [2.45, 2.75) is 20.4 Å². The molecule has 0 N–H and O–H groups in total. The smallest absolute Gasteiger partial charge is 0.268 e. The van der Waals surface area contributed by atoms with E-state index in [1.807, 2.05) is 13.0 Å². The first-order valence-corrected chi connectivity index (χ1v) is 3.68. The molecule has 0 atom stereocenters. The third-order valence-corrected chi connectivity index (χ3v) is 1.60. The third-order valence-electron chi connectivity index (χ3n) is 1.60. The molecule has 4 heteroatoms. The van der Waals surface area contributed by atoms with Crippen LogP contribution in [0, 0.1) is 18.3 Å². The first kappa shape index (κ1) is 8.47. The molecule has 1 heterocycles. The van der Waals surface area contributed by atoms with Gasteiger partial charge in [-0.15, -0.1) is 0 Å². The topological polar surface area (TPSA) is 58.7 Å². The van der Waals surface area contributed by atoms with E-state index in [0.29, 0.717) is 17.8 Å². The molecule has 0 radical (unpaired) electrons. The van der Waals surface area contributed by atoms with Crippen LogP contribution in [0.15, 0.2) is 10.9 Å². The third kappa shape index (κ3) is 1.35. The molecule has 0 unspecified atom stereocenters. The fourth-order valence-electron chi connectivity index (χ4n) is 0.926. The van der Waals surface area contributed by atoms with Gasteiger partial charge >= 0.3 is 0 Å². The summed E-state index contributed by atoms with van der Waals surface area (Å²) < 4.78 is 1.33. The molecule has 0 saturated heterocycles. The molecule has 0 aliphatic carbocycles. The Morgan fingerprint density at radius 3 is 2.92 bits per heavy atom. The monoisotopic (exact) mass is 163 g/mol. The number of aryl methyl sites for hydroxylation is 2. The van der Waals surface area contributed by atoms with E-state index in [1.165, 1.54) is 10.7 Å². The van der Waals surface area contributed by atoms with E-state index in [9.17, 15) is 4.79 Å². The molecular weight excluding hydrogens is 154 g/mol. The molecular formula is C8H9N3O. The first-order valence-electron chi connectivity index (χ1n) is 3.68. The summed E-state index contributed by atoms with van der Waals surface area (Å²) in [6, 6.07) is 3.22. The summed E-state index contributed by atoms with van der Waals surface area (Å²) in [7, 11) is 0. The fraction of sp³-hybridized carbons (Fsp3) is 0.375. The van der Waals surface area contributed by atoms with Crippen LogP contribution in [-0.2, 0) is 6.54 Å². The van der Waals surface area contributed by atoms with E-state index >= 15 is 0 Å². The molecule has 1 rings (SSSR count). The minimum Gasteiger partial charge on any atom is -0.268 e. The average Bonchev–Trinajstić information content (AvgIpc) is 2.08. The van der Waals surface area contributed by atoms with Crippen LogP contribution in [0.3, 0.4) is 0 Å². The van der Waals surface area contributed by atoms with Crippen molar-refractivity contribution >= 4 is 0 Å². The zero-order chi connectivity index (χ0) is 9.14. The predicted octanol–water partition coefficient (Wildman–Crippen LogP) is 0.443. The van der Waals surface area contributed by atoms with Crippen LogP contribution in [0.5, 0.6) is 0 Å². The van der Waals surface area contributed by atoms with Gasteiger partial charge in [0.15, 0.2) is 0 Å². The highest BCUT2D eigenvalue weighted by Gasteiger charge is 2.01. The van der Waals surface area contributed by atoms with E-state index in [1.54, 1.807) is 6.92 Å². The van der Waals surface area contributed by atoms with Gasteiger partial charge in [-0.2, -0.15) is 10.4 Å². The van der Waals surface area contributed by atoms with Gasteiger partial charge in [0, 0.05) is 12.6 Å². The highest BCUT2D eigenvalue weighted by molar-refractivity contribution is 5.30. The Morgan fingerprint density at radius 1 is 1.75 bits per heavy atom. The average molecular weight is 163 g/mol. The lowest BCUT2D eigenvalue weighted by Crippen LogP contribution is -2.22. The molecule has 0 fully saturated rings. The maximum Gasteiger partial charge on any atom is 0.268 e. The highest BCUT2D eigenvalue weighted by atomic mass is 16.1. The SMILES string of the molecule is CCn1nc(C)c(C#N)cc1=O. The zero-order valence-corrected chi connectivity index (χ0v) is 7.03. The number of hydrogen-bond donors (Lipinski definition) is 0. The quantitative estimate of drug-likeness (QED) is 0.603. The van der Waals surface area contributed by atoms with E-state index in [-0.39, 0.29) is 5.56 Å². The maximum atomic E-state index is 11.1. The van der Waals surface area contributed by atoms with Crippen molar-refractivity contribution in [3.05, 3.63) is 27.7 Å². The van der Waals surface area contributed by atoms with Gasteiger partial charge in [-0.3, -0.25) is 4.79 Å².